The molecular formula is C14H21NO4. The molecule has 5 heteroatoms. The van der Waals surface area contributed by atoms with Crippen molar-refractivity contribution in [2.45, 2.75) is 6.92 Å². The van der Waals surface area contributed by atoms with E-state index < -0.39 is 5.97 Å². The fourth-order valence-electron chi connectivity index (χ4n) is 1.51. The van der Waals surface area contributed by atoms with E-state index in [1.54, 1.807) is 18.2 Å². The molecule has 1 rings (SSSR count). The van der Waals surface area contributed by atoms with E-state index in [0.29, 0.717) is 19.0 Å². The standard InChI is InChI=1S/C14H21NO4/c1-3-18-9-7-15(2)8-10-19-13-6-4-5-12(11-13)14(16)17/h4-6,11H,3,7-10H2,1-2H3,(H,16,17). The quantitative estimate of drug-likeness (QED) is 0.690. The first-order valence-corrected chi connectivity index (χ1v) is 6.36. The summed E-state index contributed by atoms with van der Waals surface area (Å²) >= 11 is 0. The number of carbonyl (C=O) groups is 1. The molecule has 0 fully saturated rings. The van der Waals surface area contributed by atoms with Crippen LogP contribution in [0.1, 0.15) is 17.3 Å². The maximum absolute atomic E-state index is 10.8. The second-order valence-corrected chi connectivity index (χ2v) is 4.18. The fourth-order valence-corrected chi connectivity index (χ4v) is 1.51. The normalized spacial score (nSPS) is 10.7. The van der Waals surface area contributed by atoms with E-state index in [1.165, 1.54) is 6.07 Å². The van der Waals surface area contributed by atoms with Crippen LogP contribution in [0.2, 0.25) is 0 Å². The van der Waals surface area contributed by atoms with Gasteiger partial charge in [0.2, 0.25) is 0 Å². The number of carboxylic acid groups (broad SMARTS) is 1. The average molecular weight is 267 g/mol. The number of ether oxygens (including phenoxy) is 2. The molecule has 1 N–H and O–H groups in total. The highest BCUT2D eigenvalue weighted by atomic mass is 16.5. The molecule has 0 aliphatic rings. The van der Waals surface area contributed by atoms with Crippen LogP contribution in [-0.2, 0) is 4.74 Å². The molecule has 1 aromatic carbocycles. The maximum Gasteiger partial charge on any atom is 0.335 e. The summed E-state index contributed by atoms with van der Waals surface area (Å²) in [5, 5.41) is 8.87. The van der Waals surface area contributed by atoms with Gasteiger partial charge in [-0.15, -0.1) is 0 Å². The van der Waals surface area contributed by atoms with Gasteiger partial charge in [0.1, 0.15) is 12.4 Å². The van der Waals surface area contributed by atoms with Crippen molar-refractivity contribution in [3.8, 4) is 5.75 Å². The fraction of sp³-hybridized carbons (Fsp3) is 0.500. The SMILES string of the molecule is CCOCCN(C)CCOc1cccc(C(=O)O)c1. The van der Waals surface area contributed by atoms with Crippen molar-refractivity contribution in [3.05, 3.63) is 29.8 Å². The number of carboxylic acids is 1. The second-order valence-electron chi connectivity index (χ2n) is 4.18. The summed E-state index contributed by atoms with van der Waals surface area (Å²) in [7, 11) is 2.00. The Balaban J connectivity index is 2.28. The van der Waals surface area contributed by atoms with E-state index in [2.05, 4.69) is 4.90 Å². The van der Waals surface area contributed by atoms with Gasteiger partial charge in [-0.05, 0) is 32.2 Å². The van der Waals surface area contributed by atoms with Gasteiger partial charge in [-0.2, -0.15) is 0 Å². The number of nitrogens with zero attached hydrogens (tertiary/aromatic N) is 1. The molecule has 106 valence electrons. The lowest BCUT2D eigenvalue weighted by Crippen LogP contribution is -2.27. The van der Waals surface area contributed by atoms with E-state index in [0.717, 1.165) is 19.7 Å². The van der Waals surface area contributed by atoms with Crippen LogP contribution in [-0.4, -0.2) is 55.9 Å². The molecule has 1 aromatic rings. The molecule has 0 atom stereocenters. The van der Waals surface area contributed by atoms with Crippen LogP contribution in [0.25, 0.3) is 0 Å². The molecular weight excluding hydrogens is 246 g/mol. The summed E-state index contributed by atoms with van der Waals surface area (Å²) in [5.74, 6) is -0.364. The van der Waals surface area contributed by atoms with Crippen molar-refractivity contribution in [1.29, 1.82) is 0 Å². The van der Waals surface area contributed by atoms with Gasteiger partial charge >= 0.3 is 5.97 Å². The number of rotatable bonds is 9. The zero-order chi connectivity index (χ0) is 14.1. The molecule has 0 radical (unpaired) electrons. The van der Waals surface area contributed by atoms with Gasteiger partial charge in [-0.25, -0.2) is 4.79 Å². The average Bonchev–Trinajstić information content (AvgIpc) is 2.39. The Bertz CT molecular complexity index is 395. The first-order valence-electron chi connectivity index (χ1n) is 6.36. The molecule has 0 saturated carbocycles. The third-order valence-electron chi connectivity index (χ3n) is 2.64. The number of benzene rings is 1. The Hall–Kier alpha value is -1.59. The lowest BCUT2D eigenvalue weighted by molar-refractivity contribution is 0.0696. The Morgan fingerprint density at radius 3 is 2.74 bits per heavy atom. The summed E-state index contributed by atoms with van der Waals surface area (Å²) in [6.07, 6.45) is 0. The Morgan fingerprint density at radius 2 is 2.05 bits per heavy atom. The summed E-state index contributed by atoms with van der Waals surface area (Å²) in [4.78, 5) is 12.9. The predicted octanol–water partition coefficient (Wildman–Crippen LogP) is 1.73. The van der Waals surface area contributed by atoms with Crippen LogP contribution >= 0.6 is 0 Å². The minimum Gasteiger partial charge on any atom is -0.492 e. The largest absolute Gasteiger partial charge is 0.492 e. The second kappa shape index (κ2) is 8.50. The van der Waals surface area contributed by atoms with Crippen molar-refractivity contribution in [3.63, 3.8) is 0 Å². The molecule has 0 spiro atoms. The first-order chi connectivity index (χ1) is 9.13. The summed E-state index contributed by atoms with van der Waals surface area (Å²) in [6.45, 7) is 5.55. The zero-order valence-electron chi connectivity index (χ0n) is 11.5. The minimum atomic E-state index is -0.945. The van der Waals surface area contributed by atoms with E-state index in [-0.39, 0.29) is 5.56 Å². The topological polar surface area (TPSA) is 59.0 Å². The van der Waals surface area contributed by atoms with Crippen LogP contribution < -0.4 is 4.74 Å². The van der Waals surface area contributed by atoms with Crippen molar-refractivity contribution in [2.75, 3.05) is 40.0 Å². The highest BCUT2D eigenvalue weighted by molar-refractivity contribution is 5.87. The number of aromatic carboxylic acids is 1. The van der Waals surface area contributed by atoms with Crippen molar-refractivity contribution >= 4 is 5.97 Å². The van der Waals surface area contributed by atoms with Crippen molar-refractivity contribution in [2.24, 2.45) is 0 Å². The van der Waals surface area contributed by atoms with Crippen LogP contribution in [0.5, 0.6) is 5.75 Å². The van der Waals surface area contributed by atoms with E-state index in [4.69, 9.17) is 14.6 Å². The predicted molar refractivity (Wildman–Crippen MR) is 72.9 cm³/mol. The molecule has 0 bridgehead atoms. The lowest BCUT2D eigenvalue weighted by Gasteiger charge is -2.16. The Labute approximate surface area is 113 Å². The third-order valence-corrected chi connectivity index (χ3v) is 2.64. The van der Waals surface area contributed by atoms with Crippen molar-refractivity contribution in [1.82, 2.24) is 4.90 Å². The monoisotopic (exact) mass is 267 g/mol. The van der Waals surface area contributed by atoms with Crippen LogP contribution in [0.15, 0.2) is 24.3 Å². The molecule has 5 nitrogen and oxygen atoms in total. The van der Waals surface area contributed by atoms with E-state index in [1.807, 2.05) is 14.0 Å². The summed E-state index contributed by atoms with van der Waals surface area (Å²) in [6, 6.07) is 6.51. The molecule has 0 aliphatic carbocycles. The number of hydrogen-bond donors (Lipinski definition) is 1. The molecule has 19 heavy (non-hydrogen) atoms. The van der Waals surface area contributed by atoms with Crippen LogP contribution in [0, 0.1) is 0 Å². The van der Waals surface area contributed by atoms with Gasteiger partial charge in [0.05, 0.1) is 12.2 Å². The van der Waals surface area contributed by atoms with Crippen LogP contribution in [0.3, 0.4) is 0 Å². The van der Waals surface area contributed by atoms with Gasteiger partial charge in [0.25, 0.3) is 0 Å². The summed E-state index contributed by atoms with van der Waals surface area (Å²) in [5.41, 5.74) is 0.238. The van der Waals surface area contributed by atoms with Gasteiger partial charge in [0, 0.05) is 19.7 Å². The molecule has 0 heterocycles. The zero-order valence-corrected chi connectivity index (χ0v) is 11.5. The number of likely N-dealkylation sites (N-methyl/N-ethyl adjacent to an activating group) is 1. The highest BCUT2D eigenvalue weighted by Crippen LogP contribution is 2.13. The first kappa shape index (κ1) is 15.5. The molecule has 0 amide bonds. The van der Waals surface area contributed by atoms with E-state index >= 15 is 0 Å². The molecule has 0 saturated heterocycles. The minimum absolute atomic E-state index is 0.238. The van der Waals surface area contributed by atoms with Gasteiger partial charge in [-0.1, -0.05) is 6.07 Å². The maximum atomic E-state index is 10.8. The highest BCUT2D eigenvalue weighted by Gasteiger charge is 2.04. The molecule has 0 aromatic heterocycles. The number of hydrogen-bond acceptors (Lipinski definition) is 4. The lowest BCUT2D eigenvalue weighted by atomic mass is 10.2. The van der Waals surface area contributed by atoms with Crippen LogP contribution in [0.4, 0.5) is 0 Å². The smallest absolute Gasteiger partial charge is 0.335 e. The van der Waals surface area contributed by atoms with Gasteiger partial charge in [-0.3, -0.25) is 0 Å². The summed E-state index contributed by atoms with van der Waals surface area (Å²) < 4.78 is 10.8. The Kier molecular flexibility index (Phi) is 6.92. The van der Waals surface area contributed by atoms with E-state index in [9.17, 15) is 4.79 Å². The molecule has 0 aliphatic heterocycles. The molecule has 0 unspecified atom stereocenters. The van der Waals surface area contributed by atoms with Gasteiger partial charge < -0.3 is 19.5 Å². The Morgan fingerprint density at radius 1 is 1.32 bits per heavy atom. The third kappa shape index (κ3) is 6.22. The van der Waals surface area contributed by atoms with Crippen molar-refractivity contribution < 1.29 is 19.4 Å². The van der Waals surface area contributed by atoms with Gasteiger partial charge in [0.15, 0.2) is 0 Å².